The van der Waals surface area contributed by atoms with Crippen LogP contribution >= 0.6 is 11.6 Å². The van der Waals surface area contributed by atoms with Crippen LogP contribution in [-0.4, -0.2) is 18.6 Å². The Balaban J connectivity index is 2.00. The van der Waals surface area contributed by atoms with Gasteiger partial charge in [-0.2, -0.15) is 0 Å². The fourth-order valence-electron chi connectivity index (χ4n) is 1.72. The van der Waals surface area contributed by atoms with Crippen LogP contribution in [0.15, 0.2) is 30.4 Å². The number of hydrogen-bond donors (Lipinski definition) is 1. The maximum Gasteiger partial charge on any atom is 0.261 e. The number of rotatable bonds is 3. The summed E-state index contributed by atoms with van der Waals surface area (Å²) in [6.07, 6.45) is 0.112. The van der Waals surface area contributed by atoms with E-state index >= 15 is 0 Å². The van der Waals surface area contributed by atoms with E-state index in [4.69, 9.17) is 16.3 Å². The lowest BCUT2D eigenvalue weighted by Crippen LogP contribution is -2.38. The quantitative estimate of drug-likeness (QED) is 0.838. The summed E-state index contributed by atoms with van der Waals surface area (Å²) in [7, 11) is 0. The van der Waals surface area contributed by atoms with Crippen molar-refractivity contribution in [2.75, 3.05) is 6.54 Å². The molecule has 0 saturated heterocycles. The van der Waals surface area contributed by atoms with Crippen molar-refractivity contribution < 1.29 is 9.53 Å². The van der Waals surface area contributed by atoms with Crippen molar-refractivity contribution >= 4 is 17.5 Å². The third-order valence-electron chi connectivity index (χ3n) is 2.55. The molecular formula is C13H14ClNO2. The van der Waals surface area contributed by atoms with Crippen molar-refractivity contribution in [3.63, 3.8) is 0 Å². The van der Waals surface area contributed by atoms with E-state index in [2.05, 4.69) is 11.9 Å². The standard InChI is InChI=1S/C13H14ClNO2/c1-8(2)7-15-13(16)12-6-9-5-10(14)3-4-11(9)17-12/h3-5,12H,1,6-7H2,2H3,(H,15,16). The molecule has 1 aromatic rings. The molecule has 1 amide bonds. The molecule has 1 aromatic carbocycles. The molecule has 0 fully saturated rings. The van der Waals surface area contributed by atoms with Crippen LogP contribution in [-0.2, 0) is 11.2 Å². The van der Waals surface area contributed by atoms with Gasteiger partial charge in [0.1, 0.15) is 5.75 Å². The lowest BCUT2D eigenvalue weighted by Gasteiger charge is -2.10. The topological polar surface area (TPSA) is 38.3 Å². The third-order valence-corrected chi connectivity index (χ3v) is 2.79. The van der Waals surface area contributed by atoms with E-state index in [1.165, 1.54) is 0 Å². The highest BCUT2D eigenvalue weighted by Crippen LogP contribution is 2.31. The fourth-order valence-corrected chi connectivity index (χ4v) is 1.91. The van der Waals surface area contributed by atoms with Crippen LogP contribution in [0.4, 0.5) is 0 Å². The summed E-state index contributed by atoms with van der Waals surface area (Å²) in [6.45, 7) is 6.08. The molecule has 0 bridgehead atoms. The lowest BCUT2D eigenvalue weighted by molar-refractivity contribution is -0.127. The zero-order valence-corrected chi connectivity index (χ0v) is 10.4. The Bertz CT molecular complexity index is 470. The molecule has 1 heterocycles. The smallest absolute Gasteiger partial charge is 0.261 e. The number of halogens is 1. The minimum Gasteiger partial charge on any atom is -0.480 e. The van der Waals surface area contributed by atoms with Gasteiger partial charge in [0.15, 0.2) is 6.10 Å². The Labute approximate surface area is 105 Å². The number of carbonyl (C=O) groups excluding carboxylic acids is 1. The molecule has 1 aliphatic rings. The highest BCUT2D eigenvalue weighted by atomic mass is 35.5. The molecule has 4 heteroatoms. The summed E-state index contributed by atoms with van der Waals surface area (Å²) < 4.78 is 5.56. The van der Waals surface area contributed by atoms with E-state index < -0.39 is 6.10 Å². The van der Waals surface area contributed by atoms with Gasteiger partial charge in [0.25, 0.3) is 5.91 Å². The van der Waals surface area contributed by atoms with E-state index in [-0.39, 0.29) is 5.91 Å². The predicted molar refractivity (Wildman–Crippen MR) is 67.4 cm³/mol. The van der Waals surface area contributed by atoms with Crippen molar-refractivity contribution in [2.24, 2.45) is 0 Å². The number of carbonyl (C=O) groups is 1. The van der Waals surface area contributed by atoms with E-state index in [0.717, 1.165) is 16.9 Å². The van der Waals surface area contributed by atoms with E-state index in [1.807, 2.05) is 13.0 Å². The van der Waals surface area contributed by atoms with Gasteiger partial charge in [-0.05, 0) is 30.7 Å². The first-order valence-electron chi connectivity index (χ1n) is 5.43. The van der Waals surface area contributed by atoms with Gasteiger partial charge in [0.05, 0.1) is 0 Å². The number of benzene rings is 1. The largest absolute Gasteiger partial charge is 0.480 e. The molecule has 17 heavy (non-hydrogen) atoms. The summed E-state index contributed by atoms with van der Waals surface area (Å²) in [6, 6.07) is 5.39. The maximum absolute atomic E-state index is 11.8. The van der Waals surface area contributed by atoms with Crippen LogP contribution in [0, 0.1) is 0 Å². The van der Waals surface area contributed by atoms with Gasteiger partial charge in [-0.3, -0.25) is 4.79 Å². The second kappa shape index (κ2) is 4.80. The van der Waals surface area contributed by atoms with Gasteiger partial charge >= 0.3 is 0 Å². The summed E-state index contributed by atoms with van der Waals surface area (Å²) in [5.41, 5.74) is 1.89. The van der Waals surface area contributed by atoms with Crippen molar-refractivity contribution in [3.8, 4) is 5.75 Å². The molecule has 3 nitrogen and oxygen atoms in total. The first kappa shape index (κ1) is 12.0. The third kappa shape index (κ3) is 2.80. The molecule has 2 rings (SSSR count). The van der Waals surface area contributed by atoms with Crippen LogP contribution in [0.2, 0.25) is 5.02 Å². The number of fused-ring (bicyclic) bond motifs is 1. The SMILES string of the molecule is C=C(C)CNC(=O)C1Cc2cc(Cl)ccc2O1. The molecule has 0 aromatic heterocycles. The average molecular weight is 252 g/mol. The van der Waals surface area contributed by atoms with Crippen molar-refractivity contribution in [3.05, 3.63) is 40.9 Å². The fraction of sp³-hybridized carbons (Fsp3) is 0.308. The first-order valence-corrected chi connectivity index (χ1v) is 5.81. The van der Waals surface area contributed by atoms with Crippen molar-refractivity contribution in [1.82, 2.24) is 5.32 Å². The van der Waals surface area contributed by atoms with Crippen LogP contribution in [0.25, 0.3) is 0 Å². The summed E-state index contributed by atoms with van der Waals surface area (Å²) in [4.78, 5) is 11.8. The highest BCUT2D eigenvalue weighted by molar-refractivity contribution is 6.30. The Kier molecular flexibility index (Phi) is 3.38. The Hall–Kier alpha value is -1.48. The minimum absolute atomic E-state index is 0.111. The lowest BCUT2D eigenvalue weighted by atomic mass is 10.1. The Morgan fingerprint density at radius 1 is 1.65 bits per heavy atom. The molecule has 0 aliphatic carbocycles. The normalized spacial score (nSPS) is 17.2. The molecule has 0 saturated carbocycles. The molecule has 1 aliphatic heterocycles. The maximum atomic E-state index is 11.8. The second-order valence-electron chi connectivity index (χ2n) is 4.24. The number of nitrogens with one attached hydrogen (secondary N) is 1. The van der Waals surface area contributed by atoms with E-state index in [1.54, 1.807) is 12.1 Å². The summed E-state index contributed by atoms with van der Waals surface area (Å²) in [5.74, 6) is 0.630. The van der Waals surface area contributed by atoms with Gasteiger partial charge in [0, 0.05) is 18.0 Å². The van der Waals surface area contributed by atoms with E-state index in [9.17, 15) is 4.79 Å². The molecule has 1 N–H and O–H groups in total. The second-order valence-corrected chi connectivity index (χ2v) is 4.67. The number of hydrogen-bond acceptors (Lipinski definition) is 2. The zero-order chi connectivity index (χ0) is 12.4. The zero-order valence-electron chi connectivity index (χ0n) is 9.63. The molecule has 1 unspecified atom stereocenters. The van der Waals surface area contributed by atoms with Gasteiger partial charge < -0.3 is 10.1 Å². The van der Waals surface area contributed by atoms with Crippen LogP contribution in [0.3, 0.4) is 0 Å². The molecular weight excluding hydrogens is 238 g/mol. The monoisotopic (exact) mass is 251 g/mol. The molecule has 1 atom stereocenters. The molecule has 0 spiro atoms. The van der Waals surface area contributed by atoms with E-state index in [0.29, 0.717) is 18.0 Å². The van der Waals surface area contributed by atoms with Crippen LogP contribution in [0.1, 0.15) is 12.5 Å². The molecule has 90 valence electrons. The number of ether oxygens (including phenoxy) is 1. The van der Waals surface area contributed by atoms with Crippen LogP contribution < -0.4 is 10.1 Å². The van der Waals surface area contributed by atoms with Gasteiger partial charge in [0.2, 0.25) is 0 Å². The van der Waals surface area contributed by atoms with Gasteiger partial charge in [-0.25, -0.2) is 0 Å². The number of amides is 1. The predicted octanol–water partition coefficient (Wildman–Crippen LogP) is 2.34. The van der Waals surface area contributed by atoms with Crippen molar-refractivity contribution in [1.29, 1.82) is 0 Å². The van der Waals surface area contributed by atoms with Gasteiger partial charge in [-0.15, -0.1) is 0 Å². The highest BCUT2D eigenvalue weighted by Gasteiger charge is 2.28. The van der Waals surface area contributed by atoms with Crippen molar-refractivity contribution in [2.45, 2.75) is 19.4 Å². The van der Waals surface area contributed by atoms with Crippen LogP contribution in [0.5, 0.6) is 5.75 Å². The minimum atomic E-state index is -0.456. The summed E-state index contributed by atoms with van der Waals surface area (Å²) in [5, 5.41) is 3.44. The first-order chi connectivity index (χ1) is 8.06. The average Bonchev–Trinajstić information content (AvgIpc) is 2.68. The Morgan fingerprint density at radius 2 is 2.41 bits per heavy atom. The summed E-state index contributed by atoms with van der Waals surface area (Å²) >= 11 is 5.89. The molecule has 0 radical (unpaired) electrons. The Morgan fingerprint density at radius 3 is 3.12 bits per heavy atom. The van der Waals surface area contributed by atoms with Gasteiger partial charge in [-0.1, -0.05) is 23.8 Å².